The van der Waals surface area contributed by atoms with E-state index >= 15 is 0 Å². The Hall–Kier alpha value is -0.570. The van der Waals surface area contributed by atoms with Crippen LogP contribution < -0.4 is 10.6 Å². The molecule has 0 aromatic rings. The molecule has 1 aliphatic rings. The Labute approximate surface area is 106 Å². The number of amides is 1. The number of nitrogens with one attached hydrogen (secondary N) is 2. The summed E-state index contributed by atoms with van der Waals surface area (Å²) >= 11 is 0. The lowest BCUT2D eigenvalue weighted by Crippen LogP contribution is -2.44. The fraction of sp³-hybridized carbons (Fsp3) is 0.929. The highest BCUT2D eigenvalue weighted by molar-refractivity contribution is 5.78. The highest BCUT2D eigenvalue weighted by atomic mass is 16.1. The molecule has 0 bridgehead atoms. The average Bonchev–Trinajstić information content (AvgIpc) is 2.36. The molecule has 17 heavy (non-hydrogen) atoms. The minimum atomic E-state index is 0.159. The highest BCUT2D eigenvalue weighted by Gasteiger charge is 2.16. The monoisotopic (exact) mass is 240 g/mol. The smallest absolute Gasteiger partial charge is 0.234 e. The van der Waals surface area contributed by atoms with Crippen LogP contribution in [0.3, 0.4) is 0 Å². The first kappa shape index (κ1) is 14.5. The molecule has 100 valence electrons. The molecule has 0 aliphatic heterocycles. The number of hydrogen-bond donors (Lipinski definition) is 2. The van der Waals surface area contributed by atoms with Gasteiger partial charge in [-0.05, 0) is 25.7 Å². The molecule has 0 radical (unpaired) electrons. The van der Waals surface area contributed by atoms with Crippen LogP contribution in [0.15, 0.2) is 0 Å². The van der Waals surface area contributed by atoms with E-state index in [1.807, 2.05) is 0 Å². The molecule has 2 N–H and O–H groups in total. The zero-order chi connectivity index (χ0) is 12.7. The van der Waals surface area contributed by atoms with Crippen LogP contribution in [0.4, 0.5) is 0 Å². The van der Waals surface area contributed by atoms with E-state index < -0.39 is 0 Å². The van der Waals surface area contributed by atoms with Crippen LogP contribution in [0.2, 0.25) is 0 Å². The van der Waals surface area contributed by atoms with E-state index in [0.29, 0.717) is 24.5 Å². The first-order valence-corrected chi connectivity index (χ1v) is 7.16. The summed E-state index contributed by atoms with van der Waals surface area (Å²) in [5, 5.41) is 6.44. The van der Waals surface area contributed by atoms with Gasteiger partial charge in [-0.15, -0.1) is 0 Å². The molecule has 1 rings (SSSR count). The van der Waals surface area contributed by atoms with Gasteiger partial charge in [-0.2, -0.15) is 0 Å². The molecule has 0 aromatic carbocycles. The molecule has 1 aliphatic carbocycles. The summed E-state index contributed by atoms with van der Waals surface area (Å²) in [6, 6.07) is 0.842. The van der Waals surface area contributed by atoms with Crippen LogP contribution in [0.5, 0.6) is 0 Å². The van der Waals surface area contributed by atoms with Crippen molar-refractivity contribution in [1.29, 1.82) is 0 Å². The van der Waals surface area contributed by atoms with E-state index in [1.54, 1.807) is 0 Å². The standard InChI is InChI=1S/C14H28N2O/c1-4-11(2)12(3)15-10-14(17)16-13-8-6-5-7-9-13/h11-13,15H,4-10H2,1-3H3,(H,16,17). The van der Waals surface area contributed by atoms with Crippen molar-refractivity contribution >= 4 is 5.91 Å². The van der Waals surface area contributed by atoms with Crippen molar-refractivity contribution in [3.63, 3.8) is 0 Å². The molecule has 0 aromatic heterocycles. The van der Waals surface area contributed by atoms with Gasteiger partial charge in [0, 0.05) is 12.1 Å². The second kappa shape index (κ2) is 7.70. The van der Waals surface area contributed by atoms with Crippen molar-refractivity contribution in [3.8, 4) is 0 Å². The van der Waals surface area contributed by atoms with Crippen LogP contribution in [-0.4, -0.2) is 24.5 Å². The SMILES string of the molecule is CCC(C)C(C)NCC(=O)NC1CCCCC1. The van der Waals surface area contributed by atoms with E-state index in [0.717, 1.165) is 19.3 Å². The summed E-state index contributed by atoms with van der Waals surface area (Å²) in [6.45, 7) is 7.02. The maximum Gasteiger partial charge on any atom is 0.234 e. The van der Waals surface area contributed by atoms with Crippen molar-refractivity contribution in [2.45, 2.75) is 71.4 Å². The largest absolute Gasteiger partial charge is 0.352 e. The Balaban J connectivity index is 2.16. The van der Waals surface area contributed by atoms with E-state index in [2.05, 4.69) is 31.4 Å². The van der Waals surface area contributed by atoms with Crippen molar-refractivity contribution in [2.75, 3.05) is 6.54 Å². The molecule has 0 saturated heterocycles. The molecule has 2 atom stereocenters. The fourth-order valence-corrected chi connectivity index (χ4v) is 2.33. The summed E-state index contributed by atoms with van der Waals surface area (Å²) in [4.78, 5) is 11.8. The first-order chi connectivity index (χ1) is 8.13. The Morgan fingerprint density at radius 1 is 1.24 bits per heavy atom. The summed E-state index contributed by atoms with van der Waals surface area (Å²) < 4.78 is 0. The van der Waals surface area contributed by atoms with Gasteiger partial charge in [0.15, 0.2) is 0 Å². The van der Waals surface area contributed by atoms with Gasteiger partial charge in [0.2, 0.25) is 5.91 Å². The van der Waals surface area contributed by atoms with Crippen molar-refractivity contribution in [1.82, 2.24) is 10.6 Å². The van der Waals surface area contributed by atoms with Gasteiger partial charge in [-0.1, -0.05) is 39.5 Å². The predicted molar refractivity (Wildman–Crippen MR) is 71.9 cm³/mol. The maximum atomic E-state index is 11.8. The molecule has 2 unspecified atom stereocenters. The van der Waals surface area contributed by atoms with Crippen molar-refractivity contribution in [2.24, 2.45) is 5.92 Å². The zero-order valence-corrected chi connectivity index (χ0v) is 11.6. The molecule has 3 nitrogen and oxygen atoms in total. The summed E-state index contributed by atoms with van der Waals surface area (Å²) in [5.74, 6) is 0.782. The topological polar surface area (TPSA) is 41.1 Å². The second-order valence-corrected chi connectivity index (χ2v) is 5.46. The molecule has 3 heteroatoms. The van der Waals surface area contributed by atoms with Gasteiger partial charge >= 0.3 is 0 Å². The van der Waals surface area contributed by atoms with Crippen LogP contribution in [0, 0.1) is 5.92 Å². The summed E-state index contributed by atoms with van der Waals surface area (Å²) in [7, 11) is 0. The Morgan fingerprint density at radius 3 is 2.47 bits per heavy atom. The molecule has 1 amide bonds. The normalized spacial score (nSPS) is 20.9. The third-order valence-corrected chi connectivity index (χ3v) is 4.05. The summed E-state index contributed by atoms with van der Waals surface area (Å²) in [5.41, 5.74) is 0. The number of rotatable bonds is 6. The Morgan fingerprint density at radius 2 is 1.88 bits per heavy atom. The average molecular weight is 240 g/mol. The fourth-order valence-electron chi connectivity index (χ4n) is 2.33. The van der Waals surface area contributed by atoms with Crippen LogP contribution in [0.25, 0.3) is 0 Å². The zero-order valence-electron chi connectivity index (χ0n) is 11.6. The maximum absolute atomic E-state index is 11.8. The van der Waals surface area contributed by atoms with Gasteiger partial charge in [0.1, 0.15) is 0 Å². The van der Waals surface area contributed by atoms with E-state index in [4.69, 9.17) is 0 Å². The van der Waals surface area contributed by atoms with Crippen molar-refractivity contribution < 1.29 is 4.79 Å². The molecular weight excluding hydrogens is 212 g/mol. The van der Waals surface area contributed by atoms with E-state index in [9.17, 15) is 4.79 Å². The minimum absolute atomic E-state index is 0.159. The molecule has 0 spiro atoms. The lowest BCUT2D eigenvalue weighted by atomic mass is 9.95. The van der Waals surface area contributed by atoms with Gasteiger partial charge in [0.05, 0.1) is 6.54 Å². The molecular formula is C14H28N2O. The highest BCUT2D eigenvalue weighted by Crippen LogP contribution is 2.17. The third-order valence-electron chi connectivity index (χ3n) is 4.05. The first-order valence-electron chi connectivity index (χ1n) is 7.16. The number of carbonyl (C=O) groups excluding carboxylic acids is 1. The molecule has 1 saturated carbocycles. The second-order valence-electron chi connectivity index (χ2n) is 5.46. The molecule has 0 heterocycles. The quantitative estimate of drug-likeness (QED) is 0.749. The Kier molecular flexibility index (Phi) is 6.56. The number of carbonyl (C=O) groups is 1. The molecule has 1 fully saturated rings. The van der Waals surface area contributed by atoms with Gasteiger partial charge in [0.25, 0.3) is 0 Å². The van der Waals surface area contributed by atoms with Gasteiger partial charge in [-0.3, -0.25) is 4.79 Å². The van der Waals surface area contributed by atoms with Crippen LogP contribution in [-0.2, 0) is 4.79 Å². The van der Waals surface area contributed by atoms with E-state index in [1.165, 1.54) is 19.3 Å². The predicted octanol–water partition coefficient (Wildman–Crippen LogP) is 2.46. The Bertz CT molecular complexity index is 224. The van der Waals surface area contributed by atoms with Crippen LogP contribution >= 0.6 is 0 Å². The van der Waals surface area contributed by atoms with Crippen LogP contribution in [0.1, 0.15) is 59.3 Å². The number of hydrogen-bond acceptors (Lipinski definition) is 2. The minimum Gasteiger partial charge on any atom is -0.352 e. The lowest BCUT2D eigenvalue weighted by molar-refractivity contribution is -0.121. The van der Waals surface area contributed by atoms with Gasteiger partial charge < -0.3 is 10.6 Å². The van der Waals surface area contributed by atoms with Crippen molar-refractivity contribution in [3.05, 3.63) is 0 Å². The third kappa shape index (κ3) is 5.53. The summed E-state index contributed by atoms with van der Waals surface area (Å²) in [6.07, 6.45) is 7.33. The lowest BCUT2D eigenvalue weighted by Gasteiger charge is -2.24. The van der Waals surface area contributed by atoms with E-state index in [-0.39, 0.29) is 5.91 Å². The van der Waals surface area contributed by atoms with Gasteiger partial charge in [-0.25, -0.2) is 0 Å².